The van der Waals surface area contributed by atoms with Gasteiger partial charge in [0.1, 0.15) is 0 Å². The third-order valence-corrected chi connectivity index (χ3v) is 4.38. The van der Waals surface area contributed by atoms with Gasteiger partial charge in [0.05, 0.1) is 17.2 Å². The number of carbonyl (C=O) groups is 1. The van der Waals surface area contributed by atoms with Gasteiger partial charge in [-0.1, -0.05) is 6.42 Å². The van der Waals surface area contributed by atoms with E-state index in [0.29, 0.717) is 22.7 Å². The van der Waals surface area contributed by atoms with Crippen molar-refractivity contribution >= 4 is 33.2 Å². The Balaban J connectivity index is 1.97. The molecule has 0 aliphatic carbocycles. The summed E-state index contributed by atoms with van der Waals surface area (Å²) in [5.74, 6) is -0.0988. The van der Waals surface area contributed by atoms with Crippen LogP contribution < -0.4 is 5.32 Å². The molecule has 1 amide bonds. The monoisotopic (exact) mass is 355 g/mol. The van der Waals surface area contributed by atoms with Crippen molar-refractivity contribution in [2.45, 2.75) is 32.2 Å². The molecule has 1 aliphatic rings. The fourth-order valence-electron chi connectivity index (χ4n) is 2.49. The summed E-state index contributed by atoms with van der Waals surface area (Å²) in [4.78, 5) is 24.5. The number of carbonyl (C=O) groups excluding carboxylic acids is 1. The number of benzene rings is 1. The molecule has 1 aromatic carbocycles. The molecule has 1 heterocycles. The Hall–Kier alpha value is -1.47. The smallest absolute Gasteiger partial charge is 0.270 e. The lowest BCUT2D eigenvalue weighted by Crippen LogP contribution is -2.42. The highest BCUT2D eigenvalue weighted by molar-refractivity contribution is 9.10. The molecular weight excluding hydrogens is 338 g/mol. The van der Waals surface area contributed by atoms with Crippen molar-refractivity contribution in [1.82, 2.24) is 4.90 Å². The van der Waals surface area contributed by atoms with Crippen LogP contribution in [0.15, 0.2) is 22.7 Å². The summed E-state index contributed by atoms with van der Waals surface area (Å²) in [6, 6.07) is 4.73. The van der Waals surface area contributed by atoms with Crippen molar-refractivity contribution in [2.75, 3.05) is 18.4 Å². The largest absolute Gasteiger partial charge is 0.324 e. The third-order valence-electron chi connectivity index (χ3n) is 3.72. The van der Waals surface area contributed by atoms with Crippen molar-refractivity contribution in [3.63, 3.8) is 0 Å². The number of anilines is 1. The van der Waals surface area contributed by atoms with Gasteiger partial charge in [0.25, 0.3) is 5.69 Å². The van der Waals surface area contributed by atoms with Crippen LogP contribution in [0.1, 0.15) is 26.2 Å². The van der Waals surface area contributed by atoms with E-state index >= 15 is 0 Å². The topological polar surface area (TPSA) is 75.5 Å². The lowest BCUT2D eigenvalue weighted by molar-refractivity contribution is -0.384. The maximum Gasteiger partial charge on any atom is 0.270 e. The summed E-state index contributed by atoms with van der Waals surface area (Å²) in [6.07, 6.45) is 3.46. The minimum Gasteiger partial charge on any atom is -0.324 e. The van der Waals surface area contributed by atoms with Crippen molar-refractivity contribution in [1.29, 1.82) is 0 Å². The predicted octanol–water partition coefficient (Wildman–Crippen LogP) is 3.17. The summed E-state index contributed by atoms with van der Waals surface area (Å²) in [5.41, 5.74) is 0.541. The lowest BCUT2D eigenvalue weighted by atomic mass is 10.0. The van der Waals surface area contributed by atoms with Gasteiger partial charge >= 0.3 is 0 Å². The Morgan fingerprint density at radius 1 is 1.52 bits per heavy atom. The number of likely N-dealkylation sites (tertiary alicyclic amines) is 1. The van der Waals surface area contributed by atoms with Gasteiger partial charge in [0.15, 0.2) is 0 Å². The molecule has 0 spiro atoms. The van der Waals surface area contributed by atoms with Crippen molar-refractivity contribution < 1.29 is 9.72 Å². The van der Waals surface area contributed by atoms with Crippen LogP contribution in [0.3, 0.4) is 0 Å². The maximum atomic E-state index is 12.1. The molecule has 1 atom stereocenters. The standard InChI is InChI=1S/C14H18BrN3O3/c1-10-4-2-3-7-17(10)9-14(19)16-13-6-5-11(18(20)21)8-12(13)15/h5-6,8,10H,2-4,7,9H2,1H3,(H,16,19)/t10-/m0/s1. The zero-order valence-electron chi connectivity index (χ0n) is 11.8. The molecule has 1 aliphatic heterocycles. The first-order valence-electron chi connectivity index (χ1n) is 6.95. The summed E-state index contributed by atoms with van der Waals surface area (Å²) >= 11 is 3.25. The van der Waals surface area contributed by atoms with Crippen molar-refractivity contribution in [3.05, 3.63) is 32.8 Å². The highest BCUT2D eigenvalue weighted by Gasteiger charge is 2.21. The molecule has 1 aromatic rings. The van der Waals surface area contributed by atoms with E-state index in [1.807, 2.05) is 0 Å². The average molecular weight is 356 g/mol. The van der Waals surface area contributed by atoms with Crippen LogP contribution in [0, 0.1) is 10.1 Å². The van der Waals surface area contributed by atoms with Crippen LogP contribution >= 0.6 is 15.9 Å². The minimum atomic E-state index is -0.466. The van der Waals surface area contributed by atoms with Crippen LogP contribution in [0.4, 0.5) is 11.4 Å². The van der Waals surface area contributed by atoms with E-state index < -0.39 is 4.92 Å². The van der Waals surface area contributed by atoms with Gasteiger partial charge in [-0.15, -0.1) is 0 Å². The molecule has 0 radical (unpaired) electrons. The molecule has 114 valence electrons. The number of halogens is 1. The van der Waals surface area contributed by atoms with Crippen LogP contribution in [0.2, 0.25) is 0 Å². The van der Waals surface area contributed by atoms with Gasteiger partial charge in [-0.25, -0.2) is 0 Å². The van der Waals surface area contributed by atoms with Gasteiger partial charge in [0, 0.05) is 22.6 Å². The second-order valence-electron chi connectivity index (χ2n) is 5.28. The molecule has 21 heavy (non-hydrogen) atoms. The Bertz CT molecular complexity index is 550. The lowest BCUT2D eigenvalue weighted by Gasteiger charge is -2.32. The molecule has 0 unspecified atom stereocenters. The molecule has 0 aromatic heterocycles. The molecule has 7 heteroatoms. The zero-order chi connectivity index (χ0) is 15.4. The van der Waals surface area contributed by atoms with Crippen LogP contribution in [-0.4, -0.2) is 34.9 Å². The summed E-state index contributed by atoms with van der Waals surface area (Å²) in [7, 11) is 0. The third kappa shape index (κ3) is 4.25. The first-order valence-corrected chi connectivity index (χ1v) is 7.74. The fraction of sp³-hybridized carbons (Fsp3) is 0.500. The average Bonchev–Trinajstić information content (AvgIpc) is 2.43. The number of nitro benzene ring substituents is 1. The molecule has 1 saturated heterocycles. The van der Waals surface area contributed by atoms with E-state index in [4.69, 9.17) is 0 Å². The number of nitrogens with zero attached hydrogens (tertiary/aromatic N) is 2. The first kappa shape index (κ1) is 15.9. The molecule has 6 nitrogen and oxygen atoms in total. The minimum absolute atomic E-state index is 0.00970. The van der Waals surface area contributed by atoms with Crippen LogP contribution in [0.5, 0.6) is 0 Å². The number of rotatable bonds is 4. The van der Waals surface area contributed by atoms with E-state index in [0.717, 1.165) is 19.4 Å². The van der Waals surface area contributed by atoms with Gasteiger partial charge < -0.3 is 5.32 Å². The number of amides is 1. The first-order chi connectivity index (χ1) is 9.97. The Morgan fingerprint density at radius 2 is 2.29 bits per heavy atom. The SMILES string of the molecule is C[C@H]1CCCCN1CC(=O)Nc1ccc([N+](=O)[O-])cc1Br. The maximum absolute atomic E-state index is 12.1. The molecular formula is C14H18BrN3O3. The number of hydrogen-bond donors (Lipinski definition) is 1. The second-order valence-corrected chi connectivity index (χ2v) is 6.14. The molecule has 1 N–H and O–H groups in total. The number of nitro groups is 1. The molecule has 2 rings (SSSR count). The summed E-state index contributed by atoms with van der Waals surface area (Å²) in [6.45, 7) is 3.43. The van der Waals surface area contributed by atoms with E-state index in [2.05, 4.69) is 33.1 Å². The summed E-state index contributed by atoms with van der Waals surface area (Å²) in [5, 5.41) is 13.5. The van der Waals surface area contributed by atoms with Crippen molar-refractivity contribution in [3.8, 4) is 0 Å². The summed E-state index contributed by atoms with van der Waals surface area (Å²) < 4.78 is 0.511. The zero-order valence-corrected chi connectivity index (χ0v) is 13.4. The van der Waals surface area contributed by atoms with Crippen LogP contribution in [0.25, 0.3) is 0 Å². The van der Waals surface area contributed by atoms with Gasteiger partial charge in [-0.2, -0.15) is 0 Å². The van der Waals surface area contributed by atoms with Gasteiger partial charge in [-0.3, -0.25) is 19.8 Å². The number of piperidine rings is 1. The molecule has 1 fully saturated rings. The van der Waals surface area contributed by atoms with E-state index in [-0.39, 0.29) is 11.6 Å². The highest BCUT2D eigenvalue weighted by Crippen LogP contribution is 2.27. The normalized spacial score (nSPS) is 19.2. The van der Waals surface area contributed by atoms with E-state index in [1.54, 1.807) is 6.07 Å². The van der Waals surface area contributed by atoms with Gasteiger partial charge in [0.2, 0.25) is 5.91 Å². The van der Waals surface area contributed by atoms with E-state index in [9.17, 15) is 14.9 Å². The molecule has 0 saturated carbocycles. The second kappa shape index (κ2) is 7.00. The number of nitrogens with one attached hydrogen (secondary N) is 1. The Labute approximate surface area is 131 Å². The predicted molar refractivity (Wildman–Crippen MR) is 84.3 cm³/mol. The quantitative estimate of drug-likeness (QED) is 0.664. The van der Waals surface area contributed by atoms with Crippen molar-refractivity contribution in [2.24, 2.45) is 0 Å². The highest BCUT2D eigenvalue weighted by atomic mass is 79.9. The Kier molecular flexibility index (Phi) is 5.30. The van der Waals surface area contributed by atoms with Gasteiger partial charge in [-0.05, 0) is 48.3 Å². The Morgan fingerprint density at radius 3 is 2.90 bits per heavy atom. The fourth-order valence-corrected chi connectivity index (χ4v) is 2.95. The number of non-ortho nitro benzene ring substituents is 1. The van der Waals surface area contributed by atoms with Crippen LogP contribution in [-0.2, 0) is 4.79 Å². The number of hydrogen-bond acceptors (Lipinski definition) is 4. The van der Waals surface area contributed by atoms with E-state index in [1.165, 1.54) is 18.6 Å². The molecule has 0 bridgehead atoms.